The number of carbonyl (C=O) groups is 1. The maximum atomic E-state index is 13.3. The molecule has 1 saturated carbocycles. The van der Waals surface area contributed by atoms with Crippen LogP contribution in [0, 0.1) is 6.92 Å². The molecule has 162 valence electrons. The van der Waals surface area contributed by atoms with E-state index < -0.39 is 0 Å². The van der Waals surface area contributed by atoms with Gasteiger partial charge in [0, 0.05) is 23.7 Å². The normalized spacial score (nSPS) is 22.0. The molecule has 0 radical (unpaired) electrons. The van der Waals surface area contributed by atoms with Gasteiger partial charge in [-0.25, -0.2) is 9.67 Å². The fourth-order valence-electron chi connectivity index (χ4n) is 4.03. The molecule has 2 N–H and O–H groups in total. The van der Waals surface area contributed by atoms with Crippen LogP contribution in [-0.4, -0.2) is 39.3 Å². The Labute approximate surface area is 185 Å². The molecule has 4 rings (SSSR count). The van der Waals surface area contributed by atoms with Gasteiger partial charge in [0.15, 0.2) is 5.65 Å². The van der Waals surface area contributed by atoms with E-state index in [0.29, 0.717) is 12.0 Å². The Hall–Kier alpha value is -1.37. The summed E-state index contributed by atoms with van der Waals surface area (Å²) in [7, 11) is 0. The molecule has 0 spiro atoms. The Balaban J connectivity index is 0.00000150. The average Bonchev–Trinajstić information content (AvgIpc) is 3.39. The molecule has 29 heavy (non-hydrogen) atoms. The number of piperidine rings is 1. The van der Waals surface area contributed by atoms with Crippen molar-refractivity contribution in [1.82, 2.24) is 25.4 Å². The van der Waals surface area contributed by atoms with Crippen molar-refractivity contribution < 1.29 is 4.79 Å². The number of pyridine rings is 1. The molecule has 1 saturated heterocycles. The third-order valence-corrected chi connectivity index (χ3v) is 5.79. The van der Waals surface area contributed by atoms with E-state index in [0.717, 1.165) is 60.2 Å². The van der Waals surface area contributed by atoms with Crippen LogP contribution < -0.4 is 10.6 Å². The van der Waals surface area contributed by atoms with E-state index in [2.05, 4.69) is 38.3 Å². The van der Waals surface area contributed by atoms with Crippen LogP contribution in [0.25, 0.3) is 11.0 Å². The van der Waals surface area contributed by atoms with Crippen molar-refractivity contribution in [3.63, 3.8) is 0 Å². The number of fused-ring (bicyclic) bond motifs is 1. The topological polar surface area (TPSA) is 71.8 Å². The highest BCUT2D eigenvalue weighted by Crippen LogP contribution is 2.41. The van der Waals surface area contributed by atoms with E-state index >= 15 is 0 Å². The predicted octanol–water partition coefficient (Wildman–Crippen LogP) is 4.09. The number of aromatic nitrogens is 3. The third-order valence-electron chi connectivity index (χ3n) is 5.79. The summed E-state index contributed by atoms with van der Waals surface area (Å²) in [5.74, 6) is 0.487. The highest BCUT2D eigenvalue weighted by atomic mass is 35.5. The zero-order valence-electron chi connectivity index (χ0n) is 17.9. The van der Waals surface area contributed by atoms with Gasteiger partial charge in [-0.3, -0.25) is 4.79 Å². The molecule has 2 fully saturated rings. The Bertz CT molecular complexity index is 885. The van der Waals surface area contributed by atoms with Gasteiger partial charge in [-0.1, -0.05) is 0 Å². The minimum atomic E-state index is -0.183. The van der Waals surface area contributed by atoms with Crippen molar-refractivity contribution in [2.24, 2.45) is 0 Å². The quantitative estimate of drug-likeness (QED) is 0.751. The van der Waals surface area contributed by atoms with Gasteiger partial charge >= 0.3 is 0 Å². The zero-order valence-corrected chi connectivity index (χ0v) is 19.5. The number of hydrogen-bond donors (Lipinski definition) is 2. The zero-order chi connectivity index (χ0) is 19.3. The lowest BCUT2D eigenvalue weighted by atomic mass is 9.99. The number of halogens is 2. The van der Waals surface area contributed by atoms with Crippen LogP contribution in [0.1, 0.15) is 81.0 Å². The molecule has 1 aliphatic heterocycles. The number of amides is 1. The van der Waals surface area contributed by atoms with Crippen LogP contribution in [0.5, 0.6) is 0 Å². The van der Waals surface area contributed by atoms with Crippen LogP contribution in [0.3, 0.4) is 0 Å². The van der Waals surface area contributed by atoms with Crippen LogP contribution in [0.4, 0.5) is 0 Å². The fraction of sp³-hybridized carbons (Fsp3) is 0.667. The monoisotopic (exact) mass is 441 g/mol. The lowest BCUT2D eigenvalue weighted by Crippen LogP contribution is -2.51. The van der Waals surface area contributed by atoms with E-state index in [4.69, 9.17) is 10.1 Å². The first-order chi connectivity index (χ1) is 12.8. The molecular weight excluding hydrogens is 409 g/mol. The molecule has 2 aromatic rings. The van der Waals surface area contributed by atoms with Crippen molar-refractivity contribution in [2.75, 3.05) is 6.54 Å². The van der Waals surface area contributed by atoms with Crippen LogP contribution in [0.2, 0.25) is 0 Å². The summed E-state index contributed by atoms with van der Waals surface area (Å²) in [6.07, 6.45) is 4.43. The smallest absolute Gasteiger partial charge is 0.252 e. The van der Waals surface area contributed by atoms with E-state index in [-0.39, 0.29) is 42.3 Å². The second-order valence-corrected chi connectivity index (χ2v) is 9.20. The first kappa shape index (κ1) is 23.9. The number of nitrogens with one attached hydrogen (secondary N) is 2. The Morgan fingerprint density at radius 2 is 1.93 bits per heavy atom. The summed E-state index contributed by atoms with van der Waals surface area (Å²) in [6.45, 7) is 11.5. The van der Waals surface area contributed by atoms with Gasteiger partial charge in [0.2, 0.25) is 0 Å². The maximum Gasteiger partial charge on any atom is 0.252 e. The van der Waals surface area contributed by atoms with Crippen LogP contribution in [0.15, 0.2) is 6.07 Å². The summed E-state index contributed by atoms with van der Waals surface area (Å²) >= 11 is 0. The highest BCUT2D eigenvalue weighted by molar-refractivity contribution is 6.06. The summed E-state index contributed by atoms with van der Waals surface area (Å²) in [5, 5.41) is 12.4. The molecule has 0 aromatic carbocycles. The molecular formula is C21H33Cl2N5O. The summed E-state index contributed by atoms with van der Waals surface area (Å²) in [5.41, 5.74) is 3.29. The van der Waals surface area contributed by atoms with Crippen molar-refractivity contribution in [3.8, 4) is 0 Å². The first-order valence-electron chi connectivity index (χ1n) is 10.2. The Kier molecular flexibility index (Phi) is 7.24. The first-order valence-corrected chi connectivity index (χ1v) is 10.2. The van der Waals surface area contributed by atoms with E-state index in [1.54, 1.807) is 0 Å². The maximum absolute atomic E-state index is 13.3. The minimum absolute atomic E-state index is 0. The van der Waals surface area contributed by atoms with Gasteiger partial charge in [0.05, 0.1) is 22.2 Å². The molecule has 6 nitrogen and oxygen atoms in total. The van der Waals surface area contributed by atoms with Gasteiger partial charge < -0.3 is 10.6 Å². The van der Waals surface area contributed by atoms with Gasteiger partial charge in [-0.15, -0.1) is 24.8 Å². The van der Waals surface area contributed by atoms with Crippen LogP contribution in [-0.2, 0) is 5.54 Å². The summed E-state index contributed by atoms with van der Waals surface area (Å²) < 4.78 is 1.98. The van der Waals surface area contributed by atoms with E-state index in [1.165, 1.54) is 0 Å². The molecule has 2 atom stereocenters. The number of rotatable bonds is 3. The lowest BCUT2D eigenvalue weighted by molar-refractivity contribution is 0.0921. The minimum Gasteiger partial charge on any atom is -0.348 e. The molecule has 8 heteroatoms. The number of aryl methyl sites for hydroxylation is 1. The second-order valence-electron chi connectivity index (χ2n) is 9.20. The van der Waals surface area contributed by atoms with Crippen molar-refractivity contribution in [2.45, 2.75) is 83.8 Å². The Morgan fingerprint density at radius 3 is 2.52 bits per heavy atom. The van der Waals surface area contributed by atoms with Gasteiger partial charge in [0.25, 0.3) is 5.91 Å². The van der Waals surface area contributed by atoms with Gasteiger partial charge in [-0.2, -0.15) is 5.10 Å². The Morgan fingerprint density at radius 1 is 1.24 bits per heavy atom. The van der Waals surface area contributed by atoms with Crippen LogP contribution >= 0.6 is 24.8 Å². The lowest BCUT2D eigenvalue weighted by Gasteiger charge is -2.30. The van der Waals surface area contributed by atoms with E-state index in [9.17, 15) is 4.79 Å². The SMILES string of the molecule is Cc1nn(C(C)(C)C)c2nc(C3CC3)cc(C(=O)NC3CCCNC3C)c12.Cl.Cl. The standard InChI is InChI=1S/C21H31N5O.2ClH/c1-12-16(7-6-10-22-12)24-20(27)15-11-17(14-8-9-14)23-19-18(15)13(2)25-26(19)21(3,4)5;;/h11-12,14,16,22H,6-10H2,1-5H3,(H,24,27);2*1H. The highest BCUT2D eigenvalue weighted by Gasteiger charge is 2.31. The predicted molar refractivity (Wildman–Crippen MR) is 122 cm³/mol. The average molecular weight is 442 g/mol. The van der Waals surface area contributed by atoms with Crippen molar-refractivity contribution >= 4 is 41.8 Å². The van der Waals surface area contributed by atoms with Crippen molar-refractivity contribution in [1.29, 1.82) is 0 Å². The molecule has 0 bridgehead atoms. The molecule has 2 unspecified atom stereocenters. The molecule has 3 heterocycles. The fourth-order valence-corrected chi connectivity index (χ4v) is 4.03. The number of carbonyl (C=O) groups excluding carboxylic acids is 1. The summed E-state index contributed by atoms with van der Waals surface area (Å²) in [6, 6.07) is 2.47. The largest absolute Gasteiger partial charge is 0.348 e. The van der Waals surface area contributed by atoms with E-state index in [1.807, 2.05) is 17.7 Å². The third kappa shape index (κ3) is 4.70. The molecule has 2 aromatic heterocycles. The molecule has 1 aliphatic carbocycles. The molecule has 1 amide bonds. The summed E-state index contributed by atoms with van der Waals surface area (Å²) in [4.78, 5) is 18.2. The molecule has 2 aliphatic rings. The van der Waals surface area contributed by atoms with Crippen molar-refractivity contribution in [3.05, 3.63) is 23.0 Å². The van der Waals surface area contributed by atoms with Gasteiger partial charge in [-0.05, 0) is 72.9 Å². The number of hydrogen-bond acceptors (Lipinski definition) is 4. The van der Waals surface area contributed by atoms with Gasteiger partial charge in [0.1, 0.15) is 0 Å². The number of nitrogens with zero attached hydrogens (tertiary/aromatic N) is 3. The second kappa shape index (κ2) is 8.78.